The Bertz CT molecular complexity index is 620. The summed E-state index contributed by atoms with van der Waals surface area (Å²) in [5, 5.41) is 2.90. The first-order valence-electron chi connectivity index (χ1n) is 8.22. The van der Waals surface area contributed by atoms with Gasteiger partial charge in [0.15, 0.2) is 6.61 Å². The van der Waals surface area contributed by atoms with Crippen LogP contribution in [0.2, 0.25) is 0 Å². The van der Waals surface area contributed by atoms with Crippen LogP contribution in [-0.4, -0.2) is 50.5 Å². The van der Waals surface area contributed by atoms with Crippen LogP contribution in [0.4, 0.5) is 11.4 Å². The first kappa shape index (κ1) is 18.3. The standard InChI is InChI=1S/C18H27N3O3/c1-18(2,3)17(23)19-13-7-8-15-14(11-13)21(16(22)12-24-15)10-6-9-20(4)5/h7-8,11H,6,9-10,12H2,1-5H3,(H,19,23). The third-order valence-electron chi connectivity index (χ3n) is 3.83. The molecule has 1 aromatic carbocycles. The van der Waals surface area contributed by atoms with E-state index >= 15 is 0 Å². The first-order valence-corrected chi connectivity index (χ1v) is 8.22. The van der Waals surface area contributed by atoms with Crippen molar-refractivity contribution >= 4 is 23.2 Å². The molecule has 2 rings (SSSR count). The van der Waals surface area contributed by atoms with Gasteiger partial charge in [-0.15, -0.1) is 0 Å². The summed E-state index contributed by atoms with van der Waals surface area (Å²) in [5.74, 6) is 0.554. The van der Waals surface area contributed by atoms with E-state index in [0.29, 0.717) is 18.0 Å². The van der Waals surface area contributed by atoms with Crippen molar-refractivity contribution in [3.63, 3.8) is 0 Å². The number of fused-ring (bicyclic) bond motifs is 1. The summed E-state index contributed by atoms with van der Waals surface area (Å²) >= 11 is 0. The maximum absolute atomic E-state index is 12.2. The molecule has 1 heterocycles. The molecule has 0 aromatic heterocycles. The summed E-state index contributed by atoms with van der Waals surface area (Å²) in [4.78, 5) is 28.2. The maximum atomic E-state index is 12.2. The van der Waals surface area contributed by atoms with E-state index in [1.165, 1.54) is 0 Å². The minimum absolute atomic E-state index is 0.0550. The van der Waals surface area contributed by atoms with Gasteiger partial charge in [-0.3, -0.25) is 9.59 Å². The Morgan fingerprint density at radius 1 is 1.33 bits per heavy atom. The van der Waals surface area contributed by atoms with E-state index in [4.69, 9.17) is 4.74 Å². The largest absolute Gasteiger partial charge is 0.482 e. The summed E-state index contributed by atoms with van der Waals surface area (Å²) in [6, 6.07) is 5.42. The zero-order valence-corrected chi connectivity index (χ0v) is 15.2. The van der Waals surface area contributed by atoms with Gasteiger partial charge in [0.25, 0.3) is 5.91 Å². The van der Waals surface area contributed by atoms with Gasteiger partial charge in [-0.05, 0) is 45.3 Å². The predicted molar refractivity (Wildman–Crippen MR) is 95.5 cm³/mol. The van der Waals surface area contributed by atoms with E-state index < -0.39 is 5.41 Å². The molecular formula is C18H27N3O3. The fraction of sp³-hybridized carbons (Fsp3) is 0.556. The van der Waals surface area contributed by atoms with E-state index in [1.54, 1.807) is 17.0 Å². The molecule has 0 unspecified atom stereocenters. The average Bonchev–Trinajstić information content (AvgIpc) is 2.48. The number of amides is 2. The van der Waals surface area contributed by atoms with Gasteiger partial charge < -0.3 is 19.9 Å². The summed E-state index contributed by atoms with van der Waals surface area (Å²) in [6.07, 6.45) is 0.872. The molecule has 0 bridgehead atoms. The lowest BCUT2D eigenvalue weighted by Crippen LogP contribution is -2.40. The van der Waals surface area contributed by atoms with Crippen molar-refractivity contribution in [1.29, 1.82) is 0 Å². The molecule has 1 aliphatic rings. The number of ether oxygens (including phenoxy) is 1. The van der Waals surface area contributed by atoms with E-state index in [-0.39, 0.29) is 18.4 Å². The van der Waals surface area contributed by atoms with Crippen molar-refractivity contribution < 1.29 is 14.3 Å². The molecule has 0 saturated heterocycles. The maximum Gasteiger partial charge on any atom is 0.265 e. The number of hydrogen-bond acceptors (Lipinski definition) is 4. The van der Waals surface area contributed by atoms with Crippen molar-refractivity contribution in [2.24, 2.45) is 5.41 Å². The Hall–Kier alpha value is -2.08. The second kappa shape index (κ2) is 7.21. The number of nitrogens with zero attached hydrogens (tertiary/aromatic N) is 2. The van der Waals surface area contributed by atoms with Crippen LogP contribution < -0.4 is 15.0 Å². The van der Waals surface area contributed by atoms with Crippen LogP contribution in [0.1, 0.15) is 27.2 Å². The van der Waals surface area contributed by atoms with Gasteiger partial charge in [-0.1, -0.05) is 20.8 Å². The zero-order chi connectivity index (χ0) is 17.9. The molecule has 2 amide bonds. The normalized spacial score (nSPS) is 14.4. The molecule has 6 nitrogen and oxygen atoms in total. The van der Waals surface area contributed by atoms with Gasteiger partial charge in [0, 0.05) is 17.6 Å². The minimum atomic E-state index is -0.479. The molecule has 1 aliphatic heterocycles. The van der Waals surface area contributed by atoms with Gasteiger partial charge >= 0.3 is 0 Å². The predicted octanol–water partition coefficient (Wildman–Crippen LogP) is 2.35. The number of carbonyl (C=O) groups is 2. The summed E-state index contributed by atoms with van der Waals surface area (Å²) in [6.45, 7) is 7.18. The van der Waals surface area contributed by atoms with E-state index in [0.717, 1.165) is 18.7 Å². The van der Waals surface area contributed by atoms with Gasteiger partial charge in [0.1, 0.15) is 5.75 Å². The number of hydrogen-bond donors (Lipinski definition) is 1. The highest BCUT2D eigenvalue weighted by Crippen LogP contribution is 2.35. The van der Waals surface area contributed by atoms with E-state index in [1.807, 2.05) is 40.9 Å². The number of nitrogens with one attached hydrogen (secondary N) is 1. The Balaban J connectivity index is 2.19. The second-order valence-corrected chi connectivity index (χ2v) is 7.38. The number of anilines is 2. The van der Waals surface area contributed by atoms with Gasteiger partial charge in [-0.2, -0.15) is 0 Å². The molecule has 0 atom stereocenters. The first-order chi connectivity index (χ1) is 11.2. The van der Waals surface area contributed by atoms with Crippen LogP contribution in [0.5, 0.6) is 5.75 Å². The third kappa shape index (κ3) is 4.47. The zero-order valence-electron chi connectivity index (χ0n) is 15.2. The highest BCUT2D eigenvalue weighted by atomic mass is 16.5. The molecule has 1 aromatic rings. The lowest BCUT2D eigenvalue weighted by molar-refractivity contribution is -0.123. The Labute approximate surface area is 143 Å². The second-order valence-electron chi connectivity index (χ2n) is 7.38. The van der Waals surface area contributed by atoms with E-state index in [9.17, 15) is 9.59 Å². The topological polar surface area (TPSA) is 61.9 Å². The number of benzene rings is 1. The van der Waals surface area contributed by atoms with Crippen LogP contribution >= 0.6 is 0 Å². The van der Waals surface area contributed by atoms with Crippen LogP contribution in [0.25, 0.3) is 0 Å². The smallest absolute Gasteiger partial charge is 0.265 e. The molecule has 0 fully saturated rings. The van der Waals surface area contributed by atoms with Crippen LogP contribution in [-0.2, 0) is 9.59 Å². The fourth-order valence-corrected chi connectivity index (χ4v) is 2.39. The third-order valence-corrected chi connectivity index (χ3v) is 3.83. The molecular weight excluding hydrogens is 306 g/mol. The summed E-state index contributed by atoms with van der Waals surface area (Å²) < 4.78 is 5.51. The van der Waals surface area contributed by atoms with Crippen molar-refractivity contribution in [3.05, 3.63) is 18.2 Å². The molecule has 0 spiro atoms. The number of carbonyl (C=O) groups excluding carboxylic acids is 2. The van der Waals surface area contributed by atoms with Crippen molar-refractivity contribution in [1.82, 2.24) is 4.90 Å². The molecule has 0 aliphatic carbocycles. The monoisotopic (exact) mass is 333 g/mol. The highest BCUT2D eigenvalue weighted by molar-refractivity contribution is 6.00. The molecule has 24 heavy (non-hydrogen) atoms. The Morgan fingerprint density at radius 3 is 2.67 bits per heavy atom. The molecule has 1 N–H and O–H groups in total. The van der Waals surface area contributed by atoms with Gasteiger partial charge in [0.05, 0.1) is 5.69 Å². The Kier molecular flexibility index (Phi) is 5.49. The lowest BCUT2D eigenvalue weighted by Gasteiger charge is -2.30. The number of rotatable bonds is 5. The van der Waals surface area contributed by atoms with Gasteiger partial charge in [0.2, 0.25) is 5.91 Å². The molecule has 0 radical (unpaired) electrons. The van der Waals surface area contributed by atoms with Crippen LogP contribution in [0.15, 0.2) is 18.2 Å². The average molecular weight is 333 g/mol. The SMILES string of the molecule is CN(C)CCCN1C(=O)COc2ccc(NC(=O)C(C)(C)C)cc21. The molecule has 0 saturated carbocycles. The summed E-state index contributed by atoms with van der Waals surface area (Å²) in [7, 11) is 4.02. The van der Waals surface area contributed by atoms with Crippen molar-refractivity contribution in [2.75, 3.05) is 44.0 Å². The van der Waals surface area contributed by atoms with Crippen molar-refractivity contribution in [3.8, 4) is 5.75 Å². The van der Waals surface area contributed by atoms with Gasteiger partial charge in [-0.25, -0.2) is 0 Å². The van der Waals surface area contributed by atoms with Crippen LogP contribution in [0, 0.1) is 5.41 Å². The quantitative estimate of drug-likeness (QED) is 0.898. The minimum Gasteiger partial charge on any atom is -0.482 e. The lowest BCUT2D eigenvalue weighted by atomic mass is 9.95. The Morgan fingerprint density at radius 2 is 2.04 bits per heavy atom. The van der Waals surface area contributed by atoms with Crippen LogP contribution in [0.3, 0.4) is 0 Å². The highest BCUT2D eigenvalue weighted by Gasteiger charge is 2.26. The molecule has 6 heteroatoms. The van der Waals surface area contributed by atoms with Crippen molar-refractivity contribution in [2.45, 2.75) is 27.2 Å². The molecule has 132 valence electrons. The summed E-state index contributed by atoms with van der Waals surface area (Å²) in [5.41, 5.74) is 0.912. The fourth-order valence-electron chi connectivity index (χ4n) is 2.39. The van der Waals surface area contributed by atoms with E-state index in [2.05, 4.69) is 10.2 Å².